The topological polar surface area (TPSA) is 45.5 Å². The normalized spacial score (nSPS) is 12.6. The van der Waals surface area contributed by atoms with Crippen LogP contribution in [0.1, 0.15) is 17.4 Å². The summed E-state index contributed by atoms with van der Waals surface area (Å²) in [7, 11) is 3.29. The molecule has 0 saturated heterocycles. The van der Waals surface area contributed by atoms with Crippen LogP contribution in [0.5, 0.6) is 0 Å². The monoisotopic (exact) mass is 264 g/mol. The number of nitrogens with zero attached hydrogens (tertiary/aromatic N) is 2. The molecule has 1 aromatic rings. The molecule has 1 heterocycles. The van der Waals surface area contributed by atoms with Crippen molar-refractivity contribution in [2.45, 2.75) is 13.0 Å². The van der Waals surface area contributed by atoms with Crippen molar-refractivity contribution < 1.29 is 9.90 Å². The Labute approximate surface area is 104 Å². The molecular formula is C10H14Cl2N2O2. The average Bonchev–Trinajstić information content (AvgIpc) is 2.54. The molecule has 16 heavy (non-hydrogen) atoms. The second kappa shape index (κ2) is 5.08. The fourth-order valence-corrected chi connectivity index (χ4v) is 1.63. The number of hydrogen-bond acceptors (Lipinski definition) is 2. The molecule has 1 N–H and O–H groups in total. The maximum absolute atomic E-state index is 12.0. The van der Waals surface area contributed by atoms with E-state index in [1.807, 2.05) is 0 Å². The minimum Gasteiger partial charge on any atom is -0.394 e. The maximum Gasteiger partial charge on any atom is 0.270 e. The molecule has 1 unspecified atom stereocenters. The van der Waals surface area contributed by atoms with Crippen molar-refractivity contribution in [3.05, 3.63) is 21.9 Å². The molecule has 0 saturated carbocycles. The van der Waals surface area contributed by atoms with Crippen molar-refractivity contribution >= 4 is 29.1 Å². The number of aromatic nitrogens is 1. The maximum atomic E-state index is 12.0. The van der Waals surface area contributed by atoms with Crippen LogP contribution in [0.2, 0.25) is 10.2 Å². The average molecular weight is 265 g/mol. The second-order valence-corrected chi connectivity index (χ2v) is 4.44. The van der Waals surface area contributed by atoms with E-state index in [2.05, 4.69) is 0 Å². The van der Waals surface area contributed by atoms with Crippen molar-refractivity contribution in [2.24, 2.45) is 7.05 Å². The van der Waals surface area contributed by atoms with Gasteiger partial charge in [-0.15, -0.1) is 0 Å². The molecule has 0 aliphatic rings. The van der Waals surface area contributed by atoms with Gasteiger partial charge in [-0.05, 0) is 13.0 Å². The zero-order valence-corrected chi connectivity index (χ0v) is 10.9. The van der Waals surface area contributed by atoms with Crippen molar-refractivity contribution in [3.63, 3.8) is 0 Å². The van der Waals surface area contributed by atoms with Gasteiger partial charge < -0.3 is 14.6 Å². The molecule has 1 atom stereocenters. The van der Waals surface area contributed by atoms with E-state index in [9.17, 15) is 4.79 Å². The number of carbonyl (C=O) groups excluding carboxylic acids is 1. The zero-order valence-electron chi connectivity index (χ0n) is 9.37. The van der Waals surface area contributed by atoms with Gasteiger partial charge in [0.25, 0.3) is 5.91 Å². The highest BCUT2D eigenvalue weighted by molar-refractivity contribution is 6.41. The highest BCUT2D eigenvalue weighted by atomic mass is 35.5. The molecule has 1 aromatic heterocycles. The Balaban J connectivity index is 3.01. The molecule has 6 heteroatoms. The van der Waals surface area contributed by atoms with Crippen molar-refractivity contribution in [2.75, 3.05) is 13.7 Å². The molecular weight excluding hydrogens is 251 g/mol. The quantitative estimate of drug-likeness (QED) is 0.905. The number of amides is 1. The van der Waals surface area contributed by atoms with E-state index in [-0.39, 0.29) is 18.6 Å². The first-order valence-corrected chi connectivity index (χ1v) is 5.54. The van der Waals surface area contributed by atoms with E-state index >= 15 is 0 Å². The highest BCUT2D eigenvalue weighted by Gasteiger charge is 2.21. The Morgan fingerprint density at radius 1 is 1.62 bits per heavy atom. The first kappa shape index (κ1) is 13.4. The minimum atomic E-state index is -0.250. The first-order chi connectivity index (χ1) is 7.40. The third kappa shape index (κ3) is 2.34. The third-order valence-corrected chi connectivity index (χ3v) is 3.42. The second-order valence-electron chi connectivity index (χ2n) is 3.67. The molecule has 4 nitrogen and oxygen atoms in total. The number of aliphatic hydroxyl groups excluding tert-OH is 1. The Morgan fingerprint density at radius 3 is 2.56 bits per heavy atom. The lowest BCUT2D eigenvalue weighted by molar-refractivity contribution is 0.0673. The number of hydrogen-bond donors (Lipinski definition) is 1. The predicted octanol–water partition coefficient (Wildman–Crippen LogP) is 1.78. The molecule has 0 aliphatic carbocycles. The third-order valence-electron chi connectivity index (χ3n) is 2.58. The number of likely N-dealkylation sites (N-methyl/N-ethyl adjacent to an activating group) is 1. The number of carbonyl (C=O) groups is 1. The summed E-state index contributed by atoms with van der Waals surface area (Å²) >= 11 is 11.7. The van der Waals surface area contributed by atoms with Crippen molar-refractivity contribution in [1.29, 1.82) is 0 Å². The largest absolute Gasteiger partial charge is 0.394 e. The minimum absolute atomic E-state index is 0.0892. The van der Waals surface area contributed by atoms with Gasteiger partial charge in [0.2, 0.25) is 0 Å². The van der Waals surface area contributed by atoms with E-state index in [1.54, 1.807) is 21.0 Å². The van der Waals surface area contributed by atoms with Crippen LogP contribution in [0.3, 0.4) is 0 Å². The van der Waals surface area contributed by atoms with E-state index in [1.165, 1.54) is 15.5 Å². The highest BCUT2D eigenvalue weighted by Crippen LogP contribution is 2.25. The summed E-state index contributed by atoms with van der Waals surface area (Å²) in [6.07, 6.45) is 0. The van der Waals surface area contributed by atoms with Crippen LogP contribution in [0.15, 0.2) is 6.07 Å². The molecule has 1 rings (SSSR count). The van der Waals surface area contributed by atoms with Crippen LogP contribution in [0, 0.1) is 0 Å². The lowest BCUT2D eigenvalue weighted by Gasteiger charge is -2.23. The summed E-state index contributed by atoms with van der Waals surface area (Å²) in [5, 5.41) is 9.65. The number of rotatable bonds is 3. The molecule has 0 bridgehead atoms. The summed E-state index contributed by atoms with van der Waals surface area (Å²) in [4.78, 5) is 13.5. The molecule has 0 radical (unpaired) electrons. The van der Waals surface area contributed by atoms with Gasteiger partial charge in [-0.3, -0.25) is 4.79 Å². The lowest BCUT2D eigenvalue weighted by atomic mass is 10.3. The molecule has 0 aromatic carbocycles. The summed E-state index contributed by atoms with van der Waals surface area (Å²) in [6.45, 7) is 1.66. The summed E-state index contributed by atoms with van der Waals surface area (Å²) < 4.78 is 1.52. The first-order valence-electron chi connectivity index (χ1n) is 4.78. The number of halogens is 2. The van der Waals surface area contributed by atoms with Crippen LogP contribution in [-0.4, -0.2) is 40.2 Å². The number of aliphatic hydroxyl groups is 1. The van der Waals surface area contributed by atoms with Gasteiger partial charge in [0.15, 0.2) is 0 Å². The van der Waals surface area contributed by atoms with Gasteiger partial charge in [0.05, 0.1) is 17.7 Å². The SMILES string of the molecule is CC(CO)N(C)C(=O)c1cc(Cl)c(Cl)n1C. The fraction of sp³-hybridized carbons (Fsp3) is 0.500. The van der Waals surface area contributed by atoms with Crippen molar-refractivity contribution in [3.8, 4) is 0 Å². The predicted molar refractivity (Wildman–Crippen MR) is 64.1 cm³/mol. The fourth-order valence-electron chi connectivity index (χ4n) is 1.25. The van der Waals surface area contributed by atoms with E-state index in [0.717, 1.165) is 0 Å². The van der Waals surface area contributed by atoms with Crippen molar-refractivity contribution in [1.82, 2.24) is 9.47 Å². The Morgan fingerprint density at radius 2 is 2.19 bits per heavy atom. The molecule has 0 spiro atoms. The van der Waals surface area contributed by atoms with Crippen LogP contribution in [0.4, 0.5) is 0 Å². The Hall–Kier alpha value is -0.710. The van der Waals surface area contributed by atoms with Crippen LogP contribution < -0.4 is 0 Å². The summed E-state index contributed by atoms with van der Waals surface area (Å²) in [5.74, 6) is -0.224. The van der Waals surface area contributed by atoms with Gasteiger partial charge in [-0.2, -0.15) is 0 Å². The smallest absolute Gasteiger partial charge is 0.270 e. The standard InChI is InChI=1S/C10H14Cl2N2O2/c1-6(5-15)13(2)10(16)8-4-7(11)9(12)14(8)3/h4,6,15H,5H2,1-3H3. The van der Waals surface area contributed by atoms with Gasteiger partial charge in [-0.25, -0.2) is 0 Å². The molecule has 1 amide bonds. The van der Waals surface area contributed by atoms with Crippen LogP contribution >= 0.6 is 23.2 Å². The zero-order chi connectivity index (χ0) is 12.5. The van der Waals surface area contributed by atoms with Gasteiger partial charge >= 0.3 is 0 Å². The van der Waals surface area contributed by atoms with E-state index < -0.39 is 0 Å². The Kier molecular flexibility index (Phi) is 4.24. The van der Waals surface area contributed by atoms with E-state index in [0.29, 0.717) is 15.9 Å². The lowest BCUT2D eigenvalue weighted by Crippen LogP contribution is -2.38. The summed E-state index contributed by atoms with van der Waals surface area (Å²) in [5.41, 5.74) is 0.401. The van der Waals surface area contributed by atoms with Crippen LogP contribution in [0.25, 0.3) is 0 Å². The molecule has 0 fully saturated rings. The van der Waals surface area contributed by atoms with Gasteiger partial charge in [0, 0.05) is 14.1 Å². The molecule has 90 valence electrons. The van der Waals surface area contributed by atoms with Crippen LogP contribution in [-0.2, 0) is 7.05 Å². The van der Waals surface area contributed by atoms with E-state index in [4.69, 9.17) is 28.3 Å². The summed E-state index contributed by atoms with van der Waals surface area (Å²) in [6, 6.07) is 1.27. The van der Waals surface area contributed by atoms with Gasteiger partial charge in [-0.1, -0.05) is 23.2 Å². The van der Waals surface area contributed by atoms with Gasteiger partial charge in [0.1, 0.15) is 10.8 Å². The molecule has 0 aliphatic heterocycles. The Bertz CT molecular complexity index is 404.